The molecule has 1 aliphatic rings. The predicted molar refractivity (Wildman–Crippen MR) is 45.6 cm³/mol. The first-order valence-corrected chi connectivity index (χ1v) is 4.89. The van der Waals surface area contributed by atoms with Crippen LogP contribution in [0.15, 0.2) is 23.1 Å². The van der Waals surface area contributed by atoms with Gasteiger partial charge in [0.1, 0.15) is 5.82 Å². The summed E-state index contributed by atoms with van der Waals surface area (Å²) in [5.74, 6) is -3.12. The van der Waals surface area contributed by atoms with Crippen LogP contribution in [0.3, 0.4) is 0 Å². The summed E-state index contributed by atoms with van der Waals surface area (Å²) >= 11 is 1.16. The molecule has 0 spiro atoms. The quantitative estimate of drug-likeness (QED) is 0.624. The van der Waals surface area contributed by atoms with Crippen LogP contribution >= 0.6 is 11.8 Å². The lowest BCUT2D eigenvalue weighted by molar-refractivity contribution is -0.0121. The fourth-order valence-electron chi connectivity index (χ4n) is 1.36. The van der Waals surface area contributed by atoms with Crippen LogP contribution in [-0.4, -0.2) is 5.75 Å². The summed E-state index contributed by atoms with van der Waals surface area (Å²) in [7, 11) is 0. The largest absolute Gasteiger partial charge is 0.275 e. The number of hydrogen-bond acceptors (Lipinski definition) is 1. The molecule has 1 aromatic carbocycles. The van der Waals surface area contributed by atoms with Crippen LogP contribution in [0.25, 0.3) is 0 Å². The third-order valence-electron chi connectivity index (χ3n) is 2.02. The topological polar surface area (TPSA) is 0 Å². The molecule has 0 saturated carbocycles. The first kappa shape index (κ1) is 8.94. The van der Waals surface area contributed by atoms with Gasteiger partial charge in [0.15, 0.2) is 0 Å². The molecule has 0 radical (unpaired) electrons. The van der Waals surface area contributed by atoms with Crippen molar-refractivity contribution in [1.29, 1.82) is 0 Å². The zero-order chi connectivity index (χ0) is 9.47. The number of fused-ring (bicyclic) bond motifs is 1. The van der Waals surface area contributed by atoms with Crippen LogP contribution in [0.2, 0.25) is 0 Å². The first-order valence-electron chi connectivity index (χ1n) is 3.91. The highest BCUT2D eigenvalue weighted by molar-refractivity contribution is 7.99. The molecule has 1 aliphatic heterocycles. The molecule has 1 aromatic rings. The normalized spacial score (nSPS) is 19.6. The van der Waals surface area contributed by atoms with E-state index >= 15 is 0 Å². The van der Waals surface area contributed by atoms with Gasteiger partial charge in [-0.1, -0.05) is 12.1 Å². The number of hydrogen-bond donors (Lipinski definition) is 0. The molecule has 70 valence electrons. The lowest BCUT2D eigenvalue weighted by Gasteiger charge is -2.24. The Kier molecular flexibility index (Phi) is 2.02. The van der Waals surface area contributed by atoms with E-state index in [1.165, 1.54) is 18.2 Å². The van der Waals surface area contributed by atoms with Gasteiger partial charge in [0.25, 0.3) is 5.92 Å². The monoisotopic (exact) mass is 204 g/mol. The molecule has 0 aliphatic carbocycles. The van der Waals surface area contributed by atoms with Crippen LogP contribution in [0.5, 0.6) is 0 Å². The molecule has 4 heteroatoms. The van der Waals surface area contributed by atoms with E-state index in [1.54, 1.807) is 0 Å². The van der Waals surface area contributed by atoms with E-state index in [-0.39, 0.29) is 22.6 Å². The number of rotatable bonds is 0. The van der Waals surface area contributed by atoms with Gasteiger partial charge in [0, 0.05) is 17.7 Å². The van der Waals surface area contributed by atoms with Crippen molar-refractivity contribution in [1.82, 2.24) is 0 Å². The molecule has 0 bridgehead atoms. The zero-order valence-electron chi connectivity index (χ0n) is 6.69. The highest BCUT2D eigenvalue weighted by Crippen LogP contribution is 2.44. The van der Waals surface area contributed by atoms with Crippen molar-refractivity contribution in [3.05, 3.63) is 29.6 Å². The molecule has 13 heavy (non-hydrogen) atoms. The van der Waals surface area contributed by atoms with Crippen LogP contribution in [0.4, 0.5) is 13.2 Å². The Morgan fingerprint density at radius 1 is 1.31 bits per heavy atom. The number of thioether (sulfide) groups is 1. The van der Waals surface area contributed by atoms with E-state index in [4.69, 9.17) is 0 Å². The van der Waals surface area contributed by atoms with Crippen molar-refractivity contribution in [2.75, 3.05) is 5.75 Å². The Morgan fingerprint density at radius 3 is 2.77 bits per heavy atom. The van der Waals surface area contributed by atoms with Gasteiger partial charge in [-0.2, -0.15) is 0 Å². The second kappa shape index (κ2) is 2.94. The summed E-state index contributed by atoms with van der Waals surface area (Å²) < 4.78 is 39.5. The van der Waals surface area contributed by atoms with Gasteiger partial charge in [-0.25, -0.2) is 13.2 Å². The maximum absolute atomic E-state index is 13.2. The highest BCUT2D eigenvalue weighted by atomic mass is 32.2. The van der Waals surface area contributed by atoms with Gasteiger partial charge in [-0.3, -0.25) is 0 Å². The van der Waals surface area contributed by atoms with Crippen molar-refractivity contribution in [3.63, 3.8) is 0 Å². The van der Waals surface area contributed by atoms with Crippen molar-refractivity contribution in [2.24, 2.45) is 0 Å². The minimum atomic E-state index is -2.86. The third-order valence-corrected chi connectivity index (χ3v) is 3.14. The molecule has 0 fully saturated rings. The molecular weight excluding hydrogens is 197 g/mol. The van der Waals surface area contributed by atoms with Gasteiger partial charge in [-0.05, 0) is 6.07 Å². The average Bonchev–Trinajstić information content (AvgIpc) is 2.06. The third kappa shape index (κ3) is 1.43. The summed E-state index contributed by atoms with van der Waals surface area (Å²) in [6, 6.07) is 3.84. The van der Waals surface area contributed by atoms with Crippen molar-refractivity contribution in [3.8, 4) is 0 Å². The Balaban J connectivity index is 2.58. The summed E-state index contributed by atoms with van der Waals surface area (Å²) in [4.78, 5) is 0.110. The smallest absolute Gasteiger partial charge is 0.206 e. The summed E-state index contributed by atoms with van der Waals surface area (Å²) in [6.07, 6.45) is -0.200. The average molecular weight is 204 g/mol. The molecule has 0 unspecified atom stereocenters. The molecule has 1 heterocycles. The maximum Gasteiger partial charge on any atom is 0.275 e. The molecule has 2 rings (SSSR count). The lowest BCUT2D eigenvalue weighted by Crippen LogP contribution is -2.20. The van der Waals surface area contributed by atoms with Crippen molar-refractivity contribution >= 4 is 11.8 Å². The van der Waals surface area contributed by atoms with E-state index in [0.717, 1.165) is 11.8 Å². The standard InChI is InChI=1S/C9H7F3S/c10-7-3-1-2-6-8(7)13-5-4-9(6,11)12/h1-3H,4-5H2. The van der Waals surface area contributed by atoms with Gasteiger partial charge in [-0.15, -0.1) is 11.8 Å². The molecular formula is C9H7F3S. The fraction of sp³-hybridized carbons (Fsp3) is 0.333. The van der Waals surface area contributed by atoms with Crippen LogP contribution in [0.1, 0.15) is 12.0 Å². The molecule has 0 saturated heterocycles. The number of halogens is 3. The minimum absolute atomic E-state index is 0.110. The van der Waals surface area contributed by atoms with Gasteiger partial charge in [0.05, 0.1) is 4.90 Å². The molecule has 0 aromatic heterocycles. The maximum atomic E-state index is 13.2. The van der Waals surface area contributed by atoms with Crippen LogP contribution in [0, 0.1) is 5.82 Å². The Bertz CT molecular complexity index is 336. The van der Waals surface area contributed by atoms with Gasteiger partial charge < -0.3 is 0 Å². The summed E-state index contributed by atoms with van der Waals surface area (Å²) in [6.45, 7) is 0. The van der Waals surface area contributed by atoms with Crippen LogP contribution < -0.4 is 0 Å². The van der Waals surface area contributed by atoms with Gasteiger partial charge >= 0.3 is 0 Å². The van der Waals surface area contributed by atoms with Crippen molar-refractivity contribution in [2.45, 2.75) is 17.2 Å². The second-order valence-corrected chi connectivity index (χ2v) is 4.02. The lowest BCUT2D eigenvalue weighted by atomic mass is 10.1. The fourth-order valence-corrected chi connectivity index (χ4v) is 2.50. The minimum Gasteiger partial charge on any atom is -0.206 e. The van der Waals surface area contributed by atoms with Gasteiger partial charge in [0.2, 0.25) is 0 Å². The van der Waals surface area contributed by atoms with E-state index in [2.05, 4.69) is 0 Å². The Morgan fingerprint density at radius 2 is 2.08 bits per heavy atom. The van der Waals surface area contributed by atoms with E-state index in [9.17, 15) is 13.2 Å². The highest BCUT2D eigenvalue weighted by Gasteiger charge is 2.37. The van der Waals surface area contributed by atoms with E-state index < -0.39 is 11.7 Å². The molecule has 0 N–H and O–H groups in total. The molecule has 0 amide bonds. The Labute approximate surface area is 78.1 Å². The summed E-state index contributed by atoms with van der Waals surface area (Å²) in [5, 5.41) is 0. The second-order valence-electron chi connectivity index (χ2n) is 2.92. The number of alkyl halides is 2. The van der Waals surface area contributed by atoms with E-state index in [1.807, 2.05) is 0 Å². The number of benzene rings is 1. The Hall–Kier alpha value is -0.640. The molecule has 0 nitrogen and oxygen atoms in total. The predicted octanol–water partition coefficient (Wildman–Crippen LogP) is 3.41. The SMILES string of the molecule is Fc1cccc2c1SCCC2(F)F. The summed E-state index contributed by atoms with van der Waals surface area (Å²) in [5.41, 5.74) is -0.163. The first-order chi connectivity index (χ1) is 6.11. The zero-order valence-corrected chi connectivity index (χ0v) is 7.50. The van der Waals surface area contributed by atoms with E-state index in [0.29, 0.717) is 0 Å². The molecule has 0 atom stereocenters. The van der Waals surface area contributed by atoms with Crippen LogP contribution in [-0.2, 0) is 5.92 Å². The van der Waals surface area contributed by atoms with Crippen molar-refractivity contribution < 1.29 is 13.2 Å².